The topological polar surface area (TPSA) is 35.2 Å². The Morgan fingerprint density at radius 1 is 1.25 bits per heavy atom. The van der Waals surface area contributed by atoms with Crippen LogP contribution < -0.4 is 5.73 Å². The Hall–Kier alpha value is -1.03. The van der Waals surface area contributed by atoms with E-state index in [0.29, 0.717) is 23.9 Å². The van der Waals surface area contributed by atoms with Crippen molar-refractivity contribution < 1.29 is 4.74 Å². The smallest absolute Gasteiger partial charge is 0.0813 e. The van der Waals surface area contributed by atoms with Crippen molar-refractivity contribution >= 4 is 28.6 Å². The lowest BCUT2D eigenvalue weighted by Gasteiger charge is -2.05. The molecule has 0 saturated carbocycles. The van der Waals surface area contributed by atoms with E-state index in [1.54, 1.807) is 17.4 Å². The molecule has 0 aliphatic rings. The average Bonchev–Trinajstić information content (AvgIpc) is 2.74. The molecule has 0 bridgehead atoms. The van der Waals surface area contributed by atoms with Crippen LogP contribution in [0.3, 0.4) is 0 Å². The molecule has 2 nitrogen and oxygen atoms in total. The summed E-state index contributed by atoms with van der Waals surface area (Å²) in [6.07, 6.45) is 0. The van der Waals surface area contributed by atoms with Gasteiger partial charge < -0.3 is 10.5 Å². The molecule has 1 aromatic heterocycles. The van der Waals surface area contributed by atoms with Crippen LogP contribution in [0.15, 0.2) is 35.7 Å². The lowest BCUT2D eigenvalue weighted by molar-refractivity contribution is 0.109. The summed E-state index contributed by atoms with van der Waals surface area (Å²) in [6, 6.07) is 9.53. The first-order chi connectivity index (χ1) is 7.75. The number of nitrogens with two attached hydrogens (primary N) is 1. The highest BCUT2D eigenvalue weighted by atomic mass is 35.5. The van der Waals surface area contributed by atoms with Crippen molar-refractivity contribution in [2.24, 2.45) is 0 Å². The fourth-order valence-electron chi connectivity index (χ4n) is 1.34. The van der Waals surface area contributed by atoms with Crippen LogP contribution in [0.1, 0.15) is 10.4 Å². The van der Waals surface area contributed by atoms with Gasteiger partial charge in [-0.05, 0) is 29.1 Å². The van der Waals surface area contributed by atoms with Crippen molar-refractivity contribution in [1.29, 1.82) is 0 Å². The number of halogens is 1. The summed E-state index contributed by atoms with van der Waals surface area (Å²) < 4.78 is 5.57. The van der Waals surface area contributed by atoms with Crippen LogP contribution in [0.5, 0.6) is 0 Å². The Balaban J connectivity index is 1.90. The van der Waals surface area contributed by atoms with E-state index in [-0.39, 0.29) is 0 Å². The second-order valence-electron chi connectivity index (χ2n) is 3.42. The summed E-state index contributed by atoms with van der Waals surface area (Å²) in [7, 11) is 0. The third-order valence-electron chi connectivity index (χ3n) is 2.16. The number of ether oxygens (including phenoxy) is 1. The van der Waals surface area contributed by atoms with Crippen molar-refractivity contribution in [2.75, 3.05) is 5.73 Å². The molecule has 0 aliphatic heterocycles. The fraction of sp³-hybridized carbons (Fsp3) is 0.167. The number of nitrogen functional groups attached to an aromatic ring is 1. The van der Waals surface area contributed by atoms with Gasteiger partial charge in [0.05, 0.1) is 13.2 Å². The standard InChI is InChI=1S/C12H12ClNOS/c13-12-6-10(14)4-3-9(12)7-15-8-11-2-1-5-16-11/h1-6H,7-8,14H2. The maximum absolute atomic E-state index is 6.03. The first-order valence-electron chi connectivity index (χ1n) is 4.90. The maximum atomic E-state index is 6.03. The molecule has 16 heavy (non-hydrogen) atoms. The Kier molecular flexibility index (Phi) is 3.83. The molecule has 0 atom stereocenters. The van der Waals surface area contributed by atoms with Gasteiger partial charge in [0.15, 0.2) is 0 Å². The molecule has 2 N–H and O–H groups in total. The van der Waals surface area contributed by atoms with Gasteiger partial charge in [-0.3, -0.25) is 0 Å². The zero-order chi connectivity index (χ0) is 11.4. The highest BCUT2D eigenvalue weighted by Gasteiger charge is 2.01. The van der Waals surface area contributed by atoms with Crippen LogP contribution >= 0.6 is 22.9 Å². The summed E-state index contributed by atoms with van der Waals surface area (Å²) in [6.45, 7) is 1.13. The molecule has 0 radical (unpaired) electrons. The monoisotopic (exact) mass is 253 g/mol. The zero-order valence-corrected chi connectivity index (χ0v) is 10.2. The van der Waals surface area contributed by atoms with Gasteiger partial charge in [-0.2, -0.15) is 0 Å². The molecule has 0 amide bonds. The number of hydrogen-bond acceptors (Lipinski definition) is 3. The Labute approximate surface area is 104 Å². The van der Waals surface area contributed by atoms with Crippen LogP contribution in [-0.2, 0) is 18.0 Å². The number of rotatable bonds is 4. The average molecular weight is 254 g/mol. The third-order valence-corrected chi connectivity index (χ3v) is 3.36. The van der Waals surface area contributed by atoms with E-state index in [2.05, 4.69) is 6.07 Å². The van der Waals surface area contributed by atoms with Crippen molar-refractivity contribution in [3.8, 4) is 0 Å². The molecule has 0 spiro atoms. The molecule has 4 heteroatoms. The summed E-state index contributed by atoms with van der Waals surface area (Å²) in [5.41, 5.74) is 7.25. The Morgan fingerprint density at radius 3 is 2.81 bits per heavy atom. The van der Waals surface area contributed by atoms with Crippen LogP contribution in [0.4, 0.5) is 5.69 Å². The number of benzene rings is 1. The second-order valence-corrected chi connectivity index (χ2v) is 4.86. The molecule has 1 aromatic carbocycles. The van der Waals surface area contributed by atoms with E-state index in [1.807, 2.05) is 23.6 Å². The highest BCUT2D eigenvalue weighted by molar-refractivity contribution is 7.09. The van der Waals surface area contributed by atoms with Crippen LogP contribution in [0, 0.1) is 0 Å². The maximum Gasteiger partial charge on any atom is 0.0813 e. The van der Waals surface area contributed by atoms with E-state index in [4.69, 9.17) is 22.1 Å². The molecule has 1 heterocycles. The van der Waals surface area contributed by atoms with E-state index < -0.39 is 0 Å². The molecule has 0 unspecified atom stereocenters. The van der Waals surface area contributed by atoms with Gasteiger partial charge >= 0.3 is 0 Å². The number of anilines is 1. The summed E-state index contributed by atoms with van der Waals surface area (Å²) in [4.78, 5) is 1.21. The molecule has 0 saturated heterocycles. The van der Waals surface area contributed by atoms with Crippen LogP contribution in [0.2, 0.25) is 5.02 Å². The van der Waals surface area contributed by atoms with Crippen molar-refractivity contribution in [3.63, 3.8) is 0 Å². The number of thiophene rings is 1. The van der Waals surface area contributed by atoms with E-state index in [0.717, 1.165) is 5.56 Å². The molecular weight excluding hydrogens is 242 g/mol. The fourth-order valence-corrected chi connectivity index (χ4v) is 2.22. The molecule has 2 rings (SSSR count). The highest BCUT2D eigenvalue weighted by Crippen LogP contribution is 2.20. The second kappa shape index (κ2) is 5.34. The van der Waals surface area contributed by atoms with E-state index in [9.17, 15) is 0 Å². The lowest BCUT2D eigenvalue weighted by Crippen LogP contribution is -1.94. The minimum absolute atomic E-state index is 0.511. The van der Waals surface area contributed by atoms with Gasteiger partial charge in [-0.1, -0.05) is 23.7 Å². The molecular formula is C12H12ClNOS. The van der Waals surface area contributed by atoms with Crippen LogP contribution in [-0.4, -0.2) is 0 Å². The quantitative estimate of drug-likeness (QED) is 0.844. The number of hydrogen-bond donors (Lipinski definition) is 1. The van der Waals surface area contributed by atoms with Gasteiger partial charge in [-0.25, -0.2) is 0 Å². The van der Waals surface area contributed by atoms with Crippen LogP contribution in [0.25, 0.3) is 0 Å². The van der Waals surface area contributed by atoms with Gasteiger partial charge in [-0.15, -0.1) is 11.3 Å². The van der Waals surface area contributed by atoms with E-state index in [1.165, 1.54) is 4.88 Å². The third kappa shape index (κ3) is 2.98. The minimum Gasteiger partial charge on any atom is -0.399 e. The molecule has 84 valence electrons. The summed E-state index contributed by atoms with van der Waals surface area (Å²) in [5, 5.41) is 2.70. The SMILES string of the molecule is Nc1ccc(COCc2cccs2)c(Cl)c1. The van der Waals surface area contributed by atoms with E-state index >= 15 is 0 Å². The van der Waals surface area contributed by atoms with Gasteiger partial charge in [0.1, 0.15) is 0 Å². The molecule has 0 aliphatic carbocycles. The van der Waals surface area contributed by atoms with Crippen molar-refractivity contribution in [1.82, 2.24) is 0 Å². The normalized spacial score (nSPS) is 10.6. The Morgan fingerprint density at radius 2 is 2.12 bits per heavy atom. The Bertz CT molecular complexity index is 456. The van der Waals surface area contributed by atoms with Crippen molar-refractivity contribution in [2.45, 2.75) is 13.2 Å². The first-order valence-corrected chi connectivity index (χ1v) is 6.15. The van der Waals surface area contributed by atoms with Crippen molar-refractivity contribution in [3.05, 3.63) is 51.2 Å². The van der Waals surface area contributed by atoms with Gasteiger partial charge in [0, 0.05) is 15.6 Å². The van der Waals surface area contributed by atoms with Gasteiger partial charge in [0.25, 0.3) is 0 Å². The predicted molar refractivity (Wildman–Crippen MR) is 68.7 cm³/mol. The largest absolute Gasteiger partial charge is 0.399 e. The molecule has 0 fully saturated rings. The molecule has 2 aromatic rings. The summed E-state index contributed by atoms with van der Waals surface area (Å²) in [5.74, 6) is 0. The predicted octanol–water partition coefficient (Wildman–Crippen LogP) is 3.70. The summed E-state index contributed by atoms with van der Waals surface area (Å²) >= 11 is 7.72. The van der Waals surface area contributed by atoms with Gasteiger partial charge in [0.2, 0.25) is 0 Å². The lowest BCUT2D eigenvalue weighted by atomic mass is 10.2. The first kappa shape index (κ1) is 11.5. The minimum atomic E-state index is 0.511. The zero-order valence-electron chi connectivity index (χ0n) is 8.65.